The summed E-state index contributed by atoms with van der Waals surface area (Å²) in [6.45, 7) is 1.63. The number of aromatic nitrogens is 2. The number of carbonyl (C=O) groups is 1. The van der Waals surface area contributed by atoms with Crippen LogP contribution in [-0.4, -0.2) is 33.9 Å². The van der Waals surface area contributed by atoms with Gasteiger partial charge >= 0.3 is 0 Å². The van der Waals surface area contributed by atoms with Crippen LogP contribution in [0.25, 0.3) is 11.3 Å². The summed E-state index contributed by atoms with van der Waals surface area (Å²) in [4.78, 5) is 15.5. The maximum atomic E-state index is 10.9. The molecule has 23 heavy (non-hydrogen) atoms. The van der Waals surface area contributed by atoms with Gasteiger partial charge in [0.1, 0.15) is 0 Å². The van der Waals surface area contributed by atoms with Crippen molar-refractivity contribution in [2.24, 2.45) is 5.73 Å². The van der Waals surface area contributed by atoms with Gasteiger partial charge in [-0.3, -0.25) is 4.79 Å². The van der Waals surface area contributed by atoms with E-state index in [1.54, 1.807) is 11.8 Å². The number of hydrogen-bond donors (Lipinski definition) is 1. The Morgan fingerprint density at radius 1 is 1.39 bits per heavy atom. The first kappa shape index (κ1) is 16.1. The monoisotopic (exact) mass is 331 g/mol. The van der Waals surface area contributed by atoms with E-state index in [0.29, 0.717) is 12.2 Å². The fourth-order valence-corrected chi connectivity index (χ4v) is 3.67. The van der Waals surface area contributed by atoms with Crippen LogP contribution >= 0.6 is 11.8 Å². The molecule has 1 unspecified atom stereocenters. The summed E-state index contributed by atoms with van der Waals surface area (Å²) >= 11 is 1.57. The molecule has 0 radical (unpaired) electrons. The third-order valence-electron chi connectivity index (χ3n) is 3.88. The van der Waals surface area contributed by atoms with E-state index in [-0.39, 0.29) is 12.0 Å². The fourth-order valence-electron chi connectivity index (χ4n) is 2.72. The van der Waals surface area contributed by atoms with Crippen molar-refractivity contribution >= 4 is 17.7 Å². The number of nitrogens with zero attached hydrogens (tertiary/aromatic N) is 2. The van der Waals surface area contributed by atoms with E-state index in [9.17, 15) is 4.79 Å². The summed E-state index contributed by atoms with van der Waals surface area (Å²) in [7, 11) is 0. The molecular formula is C17H21N3O2S. The van der Waals surface area contributed by atoms with Crippen molar-refractivity contribution in [1.82, 2.24) is 9.55 Å². The number of hydrogen-bond acceptors (Lipinski definition) is 4. The molecule has 1 aromatic heterocycles. The molecular weight excluding hydrogens is 310 g/mol. The average molecular weight is 331 g/mol. The number of amides is 1. The molecule has 0 spiro atoms. The number of imidazole rings is 1. The Hall–Kier alpha value is -1.79. The van der Waals surface area contributed by atoms with Gasteiger partial charge in [0.2, 0.25) is 5.91 Å². The van der Waals surface area contributed by atoms with Crippen molar-refractivity contribution in [2.75, 3.05) is 12.4 Å². The number of primary amides is 1. The Morgan fingerprint density at radius 3 is 2.91 bits per heavy atom. The van der Waals surface area contributed by atoms with Crippen molar-refractivity contribution in [3.05, 3.63) is 36.5 Å². The van der Waals surface area contributed by atoms with Crippen LogP contribution < -0.4 is 5.73 Å². The topological polar surface area (TPSA) is 70.1 Å². The maximum Gasteiger partial charge on any atom is 0.218 e. The largest absolute Gasteiger partial charge is 0.376 e. The molecule has 1 amide bonds. The molecule has 0 bridgehead atoms. The number of rotatable bonds is 7. The van der Waals surface area contributed by atoms with Crippen LogP contribution in [0.1, 0.15) is 19.3 Å². The molecule has 2 heterocycles. The molecule has 1 saturated heterocycles. The van der Waals surface area contributed by atoms with E-state index >= 15 is 0 Å². The minimum atomic E-state index is -0.280. The SMILES string of the molecule is NC(=O)CCSc1ncc(-c2ccccc2)n1CC1CCCO1. The van der Waals surface area contributed by atoms with Gasteiger partial charge in [0.25, 0.3) is 0 Å². The third kappa shape index (κ3) is 4.14. The molecule has 1 aromatic carbocycles. The standard InChI is InChI=1S/C17H21N3O2S/c18-16(21)8-10-23-17-19-11-15(13-5-2-1-3-6-13)20(17)12-14-7-4-9-22-14/h1-3,5-6,11,14H,4,7-10,12H2,(H2,18,21). The highest BCUT2D eigenvalue weighted by atomic mass is 32.2. The molecule has 2 aromatic rings. The molecule has 1 aliphatic heterocycles. The molecule has 0 saturated carbocycles. The van der Waals surface area contributed by atoms with Crippen molar-refractivity contribution in [1.29, 1.82) is 0 Å². The molecule has 122 valence electrons. The lowest BCUT2D eigenvalue weighted by Gasteiger charge is -2.16. The Morgan fingerprint density at radius 2 is 2.22 bits per heavy atom. The van der Waals surface area contributed by atoms with Crippen LogP contribution in [0.3, 0.4) is 0 Å². The van der Waals surface area contributed by atoms with Gasteiger partial charge < -0.3 is 15.0 Å². The molecule has 6 heteroatoms. The Bertz CT molecular complexity index is 651. The summed E-state index contributed by atoms with van der Waals surface area (Å²) in [5, 5.41) is 0.917. The van der Waals surface area contributed by atoms with Crippen LogP contribution in [0, 0.1) is 0 Å². The van der Waals surface area contributed by atoms with Gasteiger partial charge in [0.15, 0.2) is 5.16 Å². The number of thioether (sulfide) groups is 1. The van der Waals surface area contributed by atoms with Crippen LogP contribution in [0.4, 0.5) is 0 Å². The minimum Gasteiger partial charge on any atom is -0.376 e. The lowest BCUT2D eigenvalue weighted by molar-refractivity contribution is -0.117. The summed E-state index contributed by atoms with van der Waals surface area (Å²) in [5.41, 5.74) is 7.45. The van der Waals surface area contributed by atoms with Crippen LogP contribution in [0.15, 0.2) is 41.7 Å². The zero-order valence-corrected chi connectivity index (χ0v) is 13.8. The summed E-state index contributed by atoms with van der Waals surface area (Å²) < 4.78 is 7.99. The van der Waals surface area contributed by atoms with Gasteiger partial charge in [-0.15, -0.1) is 0 Å². The van der Waals surface area contributed by atoms with Gasteiger partial charge in [-0.1, -0.05) is 42.1 Å². The van der Waals surface area contributed by atoms with E-state index in [0.717, 1.165) is 42.4 Å². The first-order valence-corrected chi connectivity index (χ1v) is 8.86. The molecule has 0 aliphatic carbocycles. The second kappa shape index (κ2) is 7.66. The highest BCUT2D eigenvalue weighted by Crippen LogP contribution is 2.28. The Balaban J connectivity index is 1.83. The maximum absolute atomic E-state index is 10.9. The molecule has 1 fully saturated rings. The van der Waals surface area contributed by atoms with Crippen molar-refractivity contribution in [3.63, 3.8) is 0 Å². The first-order chi connectivity index (χ1) is 11.2. The van der Waals surface area contributed by atoms with Gasteiger partial charge in [-0.05, 0) is 18.4 Å². The molecule has 3 rings (SSSR count). The quantitative estimate of drug-likeness (QED) is 0.792. The number of ether oxygens (including phenoxy) is 1. The lowest BCUT2D eigenvalue weighted by atomic mass is 10.1. The first-order valence-electron chi connectivity index (χ1n) is 7.87. The number of nitrogens with two attached hydrogens (primary N) is 1. The fraction of sp³-hybridized carbons (Fsp3) is 0.412. The Kier molecular flexibility index (Phi) is 5.35. The Labute approximate surface area is 140 Å². The van der Waals surface area contributed by atoms with E-state index in [4.69, 9.17) is 10.5 Å². The molecule has 1 aliphatic rings. The smallest absolute Gasteiger partial charge is 0.218 e. The predicted octanol–water partition coefficient (Wildman–Crippen LogP) is 2.70. The van der Waals surface area contributed by atoms with E-state index in [1.165, 1.54) is 0 Å². The molecule has 1 atom stereocenters. The minimum absolute atomic E-state index is 0.238. The van der Waals surface area contributed by atoms with Gasteiger partial charge in [-0.25, -0.2) is 4.98 Å². The lowest BCUT2D eigenvalue weighted by Crippen LogP contribution is -2.17. The van der Waals surface area contributed by atoms with Crippen LogP contribution in [0.5, 0.6) is 0 Å². The third-order valence-corrected chi connectivity index (χ3v) is 4.87. The van der Waals surface area contributed by atoms with Crippen LogP contribution in [-0.2, 0) is 16.1 Å². The molecule has 5 nitrogen and oxygen atoms in total. The highest BCUT2D eigenvalue weighted by molar-refractivity contribution is 7.99. The van der Waals surface area contributed by atoms with E-state index in [1.807, 2.05) is 24.4 Å². The summed E-state index contributed by atoms with van der Waals surface area (Å²) in [6.07, 6.45) is 4.69. The second-order valence-corrected chi connectivity index (χ2v) is 6.66. The van der Waals surface area contributed by atoms with E-state index in [2.05, 4.69) is 21.7 Å². The van der Waals surface area contributed by atoms with Crippen molar-refractivity contribution < 1.29 is 9.53 Å². The number of benzene rings is 1. The molecule has 2 N–H and O–H groups in total. The number of carbonyl (C=O) groups excluding carboxylic acids is 1. The summed E-state index contributed by atoms with van der Waals surface area (Å²) in [6, 6.07) is 10.2. The van der Waals surface area contributed by atoms with Gasteiger partial charge in [0, 0.05) is 18.8 Å². The predicted molar refractivity (Wildman–Crippen MR) is 91.2 cm³/mol. The van der Waals surface area contributed by atoms with Gasteiger partial charge in [-0.2, -0.15) is 0 Å². The summed E-state index contributed by atoms with van der Waals surface area (Å²) in [5.74, 6) is 0.365. The second-order valence-electron chi connectivity index (χ2n) is 5.60. The van der Waals surface area contributed by atoms with Gasteiger partial charge in [0.05, 0.1) is 24.5 Å². The van der Waals surface area contributed by atoms with Crippen molar-refractivity contribution in [3.8, 4) is 11.3 Å². The average Bonchev–Trinajstić information content (AvgIpc) is 3.19. The van der Waals surface area contributed by atoms with E-state index < -0.39 is 0 Å². The van der Waals surface area contributed by atoms with Crippen LogP contribution in [0.2, 0.25) is 0 Å². The van der Waals surface area contributed by atoms with Crippen molar-refractivity contribution in [2.45, 2.75) is 37.1 Å². The normalized spacial score (nSPS) is 17.5. The zero-order chi connectivity index (χ0) is 16.1. The zero-order valence-electron chi connectivity index (χ0n) is 13.0. The highest BCUT2D eigenvalue weighted by Gasteiger charge is 2.20.